The zero-order valence-corrected chi connectivity index (χ0v) is 19.6. The summed E-state index contributed by atoms with van der Waals surface area (Å²) in [6.45, 7) is -2.86. The van der Waals surface area contributed by atoms with Gasteiger partial charge in [-0.05, 0) is 36.9 Å². The summed E-state index contributed by atoms with van der Waals surface area (Å²) in [6, 6.07) is -7.68. The highest BCUT2D eigenvalue weighted by molar-refractivity contribution is 7.99. The number of ether oxygens (including phenoxy) is 1. The van der Waals surface area contributed by atoms with Crippen molar-refractivity contribution in [1.29, 1.82) is 0 Å². The van der Waals surface area contributed by atoms with Gasteiger partial charge in [-0.2, -0.15) is 0 Å². The molecule has 36 heavy (non-hydrogen) atoms. The van der Waals surface area contributed by atoms with Crippen LogP contribution in [-0.2, 0) is 4.74 Å². The van der Waals surface area contributed by atoms with E-state index in [4.69, 9.17) is 21.9 Å². The molecule has 3 aromatic rings. The lowest BCUT2D eigenvalue weighted by Crippen LogP contribution is -2.33. The third kappa shape index (κ3) is 4.92. The molecule has 2 saturated carbocycles. The van der Waals surface area contributed by atoms with Gasteiger partial charge in [0.05, 0.1) is 39.0 Å². The van der Waals surface area contributed by atoms with Gasteiger partial charge in [0.25, 0.3) is 0 Å². The lowest BCUT2D eigenvalue weighted by atomic mass is 10.1. The molecule has 0 saturated heterocycles. The zero-order valence-electron chi connectivity index (χ0n) is 34.8. The molecule has 5 rings (SSSR count). The number of nitrogens with zero attached hydrogens (tertiary/aromatic N) is 5. The van der Waals surface area contributed by atoms with Crippen LogP contribution >= 0.6 is 11.8 Å². The summed E-state index contributed by atoms with van der Waals surface area (Å²) in [7, 11) is 0. The van der Waals surface area contributed by atoms with E-state index in [2.05, 4.69) is 30.3 Å². The van der Waals surface area contributed by atoms with E-state index in [-0.39, 0.29) is 34.0 Å². The summed E-state index contributed by atoms with van der Waals surface area (Å²) in [5.74, 6) is -2.79. The van der Waals surface area contributed by atoms with Gasteiger partial charge in [-0.3, -0.25) is 0 Å². The van der Waals surface area contributed by atoms with Crippen LogP contribution in [-0.4, -0.2) is 83.4 Å². The molecule has 0 radical (unpaired) electrons. The van der Waals surface area contributed by atoms with Crippen LogP contribution in [0, 0.1) is 12.7 Å². The van der Waals surface area contributed by atoms with Crippen LogP contribution in [0.4, 0.5) is 10.2 Å². The van der Waals surface area contributed by atoms with Crippen molar-refractivity contribution in [1.82, 2.24) is 25.0 Å². The van der Waals surface area contributed by atoms with E-state index in [1.807, 2.05) is 0 Å². The molecule has 0 aliphatic heterocycles. The number of benzene rings is 1. The van der Waals surface area contributed by atoms with Crippen LogP contribution in [0.5, 0.6) is 0 Å². The van der Waals surface area contributed by atoms with Crippen LogP contribution in [0.15, 0.2) is 23.3 Å². The van der Waals surface area contributed by atoms with Gasteiger partial charge in [-0.1, -0.05) is 36.0 Å². The summed E-state index contributed by atoms with van der Waals surface area (Å²) < 4.78 is 153. The maximum absolute atomic E-state index is 14.8. The number of hydrogen-bond acceptors (Lipinski definition) is 10. The molecule has 2 aliphatic rings. The minimum Gasteiger partial charge on any atom is -0.394 e. The van der Waals surface area contributed by atoms with Crippen molar-refractivity contribution in [2.75, 3.05) is 24.2 Å². The quantitative estimate of drug-likeness (QED) is 0.226. The van der Waals surface area contributed by atoms with Crippen LogP contribution in [0.2, 0.25) is 0 Å². The maximum Gasteiger partial charge on any atom is 0.191 e. The van der Waals surface area contributed by atoms with E-state index in [0.29, 0.717) is 0 Å². The first kappa shape index (κ1) is 12.4. The van der Waals surface area contributed by atoms with Gasteiger partial charge in [0.15, 0.2) is 22.1 Å². The standard InChI is InChI=1S/C24H31FN6O4S/c1-3-8-36-24-27-22(26-16-10-14(16)13-5-4-12(2)15(25)9-13)19-23(28-24)31(30-29-19)17-11-18(35-7-6-32)21(34)20(17)33/h4-5,9,14,16-18,20-21,32-34H,3,6-8,10-11H2,1-2H3,(H,26,27,28)/t14-,16+,17+,18-,20-,21+/m0/s1/i3D2,4D,5D,7D2,8D2,9D,11D2,16D,17D,18D,20D,21D. The molecule has 10 nitrogen and oxygen atoms in total. The van der Waals surface area contributed by atoms with Crippen molar-refractivity contribution < 1.29 is 46.4 Å². The summed E-state index contributed by atoms with van der Waals surface area (Å²) >= 11 is 0.0414. The Bertz CT molecular complexity index is 1940. The van der Waals surface area contributed by atoms with Crippen molar-refractivity contribution in [3.8, 4) is 0 Å². The van der Waals surface area contributed by atoms with E-state index < -0.39 is 114 Å². The molecule has 2 fully saturated rings. The van der Waals surface area contributed by atoms with E-state index in [1.54, 1.807) is 0 Å². The molecule has 0 spiro atoms. The number of rotatable bonds is 10. The van der Waals surface area contributed by atoms with E-state index in [1.165, 1.54) is 6.92 Å². The summed E-state index contributed by atoms with van der Waals surface area (Å²) in [6.07, 6.45) is -19.4. The SMILES string of the molecule is [2H]c1c([2H])c([C@@H]2C[C@@]2([2H])Nc2nc(SC([2H])([2H])C([2H])([2H])C)nc3c2nnn3[C@]2([2H])C([2H])([2H])[C@]([2H])(OC([2H])([2H])CO)[C@@]([2H])(O)[C@@]2([2H])O)c([2H])c(F)c1C. The smallest absolute Gasteiger partial charge is 0.191 e. The minimum atomic E-state index is -4.25. The monoisotopic (exact) mass is 534 g/mol. The first-order valence-corrected chi connectivity index (χ1v) is 11.2. The Morgan fingerprint density at radius 3 is 3.00 bits per heavy atom. The van der Waals surface area contributed by atoms with Crippen LogP contribution in [0.1, 0.15) is 71.1 Å². The average molecular weight is 535 g/mol. The second kappa shape index (κ2) is 10.5. The van der Waals surface area contributed by atoms with Crippen molar-refractivity contribution in [3.05, 3.63) is 35.1 Å². The number of aromatic nitrogens is 5. The van der Waals surface area contributed by atoms with Gasteiger partial charge >= 0.3 is 0 Å². The fraction of sp³-hybridized carbons (Fsp3) is 0.583. The molecule has 194 valence electrons. The van der Waals surface area contributed by atoms with Gasteiger partial charge in [0.1, 0.15) is 18.0 Å². The Morgan fingerprint density at radius 2 is 2.22 bits per heavy atom. The number of nitrogens with one attached hydrogen (secondary N) is 1. The van der Waals surface area contributed by atoms with Gasteiger partial charge in [-0.25, -0.2) is 19.0 Å². The Balaban J connectivity index is 1.73. The van der Waals surface area contributed by atoms with Crippen LogP contribution in [0.3, 0.4) is 0 Å². The number of aliphatic hydroxyl groups excluding tert-OH is 1. The molecular weight excluding hydrogens is 487 g/mol. The maximum atomic E-state index is 14.8. The van der Waals surface area contributed by atoms with Crippen molar-refractivity contribution in [2.24, 2.45) is 0 Å². The number of fused-ring (bicyclic) bond motifs is 1. The average Bonchev–Trinajstić information content (AvgIpc) is 3.43. The van der Waals surface area contributed by atoms with Crippen molar-refractivity contribution in [3.63, 3.8) is 0 Å². The highest BCUT2D eigenvalue weighted by atomic mass is 32.2. The lowest BCUT2D eigenvalue weighted by Gasteiger charge is -2.17. The Morgan fingerprint density at radius 1 is 1.39 bits per heavy atom. The third-order valence-corrected chi connectivity index (χ3v) is 5.81. The molecule has 1 aromatic carbocycles. The predicted octanol–water partition coefficient (Wildman–Crippen LogP) is 2.18. The molecule has 2 heterocycles. The fourth-order valence-corrected chi connectivity index (χ4v) is 3.78. The van der Waals surface area contributed by atoms with E-state index in [9.17, 15) is 19.7 Å². The summed E-state index contributed by atoms with van der Waals surface area (Å²) in [5.41, 5.74) is -4.90. The molecule has 2 aliphatic carbocycles. The van der Waals surface area contributed by atoms with E-state index in [0.717, 1.165) is 6.92 Å². The van der Waals surface area contributed by atoms with E-state index >= 15 is 0 Å². The minimum absolute atomic E-state index is 0.0165. The van der Waals surface area contributed by atoms with Crippen LogP contribution < -0.4 is 5.32 Å². The highest BCUT2D eigenvalue weighted by Gasteiger charge is 2.45. The fourth-order valence-electron chi connectivity index (χ4n) is 3.31. The number of thioether (sulfide) groups is 1. The summed E-state index contributed by atoms with van der Waals surface area (Å²) in [5, 5.41) is 40.9. The Kier molecular flexibility index (Phi) is 3.64. The summed E-state index contributed by atoms with van der Waals surface area (Å²) in [4.78, 5) is 8.10. The third-order valence-electron chi connectivity index (χ3n) is 5.14. The largest absolute Gasteiger partial charge is 0.394 e. The van der Waals surface area contributed by atoms with Crippen LogP contribution in [0.25, 0.3) is 11.2 Å². The van der Waals surface area contributed by atoms with Gasteiger partial charge in [0, 0.05) is 32.2 Å². The Labute approximate surface area is 234 Å². The lowest BCUT2D eigenvalue weighted by molar-refractivity contribution is -0.0629. The second-order valence-electron chi connectivity index (χ2n) is 7.52. The first-order valence-electron chi connectivity index (χ1n) is 18.4. The molecule has 0 amide bonds. The molecule has 0 unspecified atom stereocenters. The predicted molar refractivity (Wildman–Crippen MR) is 133 cm³/mol. The Hall–Kier alpha value is -2.38. The zero-order chi connectivity index (χ0) is 39.8. The van der Waals surface area contributed by atoms with Gasteiger partial charge in [0.2, 0.25) is 0 Å². The highest BCUT2D eigenvalue weighted by Crippen LogP contribution is 2.44. The number of hydrogen-bond donors (Lipinski definition) is 4. The normalized spacial score (nSPS) is 46.9. The van der Waals surface area contributed by atoms with Crippen molar-refractivity contribution >= 4 is 28.7 Å². The molecule has 4 N–H and O–H groups in total. The number of halogens is 1. The molecule has 0 bridgehead atoms. The van der Waals surface area contributed by atoms with Gasteiger partial charge < -0.3 is 25.4 Å². The second-order valence-corrected chi connectivity index (χ2v) is 8.29. The molecule has 6 atom stereocenters. The number of anilines is 1. The molecular formula is C24H31FN6O4S. The molecule has 2 aromatic heterocycles. The van der Waals surface area contributed by atoms with Crippen molar-refractivity contribution in [2.45, 2.75) is 74.4 Å². The first-order chi connectivity index (χ1) is 23.3. The molecule has 12 heteroatoms. The van der Waals surface area contributed by atoms with Gasteiger partial charge in [-0.15, -0.1) is 5.10 Å². The topological polar surface area (TPSA) is 138 Å². The number of aliphatic hydroxyl groups is 3.